The molecule has 0 radical (unpaired) electrons. The zero-order chi connectivity index (χ0) is 23.3. The molecule has 7 nitrogen and oxygen atoms in total. The fourth-order valence-electron chi connectivity index (χ4n) is 3.21. The molecule has 1 amide bonds. The zero-order valence-corrected chi connectivity index (χ0v) is 19.6. The highest BCUT2D eigenvalue weighted by Crippen LogP contribution is 2.28. The number of benzene rings is 2. The second-order valence-electron chi connectivity index (χ2n) is 6.90. The fraction of sp³-hybridized carbons (Fsp3) is 0.227. The third kappa shape index (κ3) is 5.38. The van der Waals surface area contributed by atoms with Crippen molar-refractivity contribution < 1.29 is 4.79 Å². The molecule has 32 heavy (non-hydrogen) atoms. The largest absolute Gasteiger partial charge is 0.383 e. The van der Waals surface area contributed by atoms with Crippen LogP contribution in [0.25, 0.3) is 0 Å². The van der Waals surface area contributed by atoms with Crippen molar-refractivity contribution in [1.82, 2.24) is 9.55 Å². The number of carbonyl (C=O) groups is 1. The van der Waals surface area contributed by atoms with Crippen LogP contribution in [0, 0.1) is 0 Å². The highest BCUT2D eigenvalue weighted by atomic mass is 35.5. The lowest BCUT2D eigenvalue weighted by Gasteiger charge is -2.23. The highest BCUT2D eigenvalue weighted by molar-refractivity contribution is 7.99. The van der Waals surface area contributed by atoms with Crippen molar-refractivity contribution in [2.24, 2.45) is 0 Å². The van der Waals surface area contributed by atoms with Gasteiger partial charge in [-0.15, -0.1) is 11.8 Å². The molecule has 0 fully saturated rings. The van der Waals surface area contributed by atoms with Gasteiger partial charge in [0.05, 0.1) is 12.3 Å². The van der Waals surface area contributed by atoms with Crippen LogP contribution in [0.1, 0.15) is 18.1 Å². The van der Waals surface area contributed by atoms with E-state index in [2.05, 4.69) is 4.98 Å². The van der Waals surface area contributed by atoms with Crippen LogP contribution in [0.15, 0.2) is 58.1 Å². The number of rotatable bonds is 8. The van der Waals surface area contributed by atoms with Gasteiger partial charge >= 0.3 is 5.69 Å². The lowest BCUT2D eigenvalue weighted by Crippen LogP contribution is -2.41. The Bertz CT molecular complexity index is 1210. The minimum atomic E-state index is -0.703. The van der Waals surface area contributed by atoms with Gasteiger partial charge < -0.3 is 10.6 Å². The summed E-state index contributed by atoms with van der Waals surface area (Å²) in [6.07, 6.45) is 0. The molecule has 0 aliphatic heterocycles. The third-order valence-electron chi connectivity index (χ3n) is 4.82. The number of nitrogens with zero attached hydrogens (tertiary/aromatic N) is 2. The summed E-state index contributed by atoms with van der Waals surface area (Å²) in [5.41, 5.74) is 6.42. The van der Waals surface area contributed by atoms with Crippen molar-refractivity contribution in [3.05, 3.63) is 90.5 Å². The number of nitrogen functional groups attached to an aromatic ring is 1. The van der Waals surface area contributed by atoms with E-state index in [-0.39, 0.29) is 36.3 Å². The summed E-state index contributed by atoms with van der Waals surface area (Å²) in [7, 11) is 0. The summed E-state index contributed by atoms with van der Waals surface area (Å²) in [6, 6.07) is 14.5. The Kier molecular flexibility index (Phi) is 8.06. The predicted octanol–water partition coefficient (Wildman–Crippen LogP) is 3.76. The van der Waals surface area contributed by atoms with E-state index in [0.29, 0.717) is 15.8 Å². The van der Waals surface area contributed by atoms with Crippen molar-refractivity contribution in [1.29, 1.82) is 0 Å². The molecule has 0 saturated carbocycles. The quantitative estimate of drug-likeness (QED) is 0.498. The first-order valence-electron chi connectivity index (χ1n) is 9.81. The van der Waals surface area contributed by atoms with Gasteiger partial charge in [-0.3, -0.25) is 19.1 Å². The lowest BCUT2D eigenvalue weighted by molar-refractivity contribution is -0.116. The van der Waals surface area contributed by atoms with E-state index in [4.69, 9.17) is 28.9 Å². The summed E-state index contributed by atoms with van der Waals surface area (Å²) in [5.74, 6) is 0.132. The number of halogens is 2. The number of amides is 1. The van der Waals surface area contributed by atoms with Gasteiger partial charge in [-0.1, -0.05) is 59.6 Å². The van der Waals surface area contributed by atoms with Crippen LogP contribution < -0.4 is 21.9 Å². The molecule has 1 heterocycles. The minimum absolute atomic E-state index is 0.0376. The summed E-state index contributed by atoms with van der Waals surface area (Å²) in [5, 5.41) is 1.05. The monoisotopic (exact) mass is 492 g/mol. The Morgan fingerprint density at radius 2 is 1.75 bits per heavy atom. The second-order valence-corrected chi connectivity index (χ2v) is 8.70. The molecular formula is C22H22Cl2N4O3S. The van der Waals surface area contributed by atoms with Crippen molar-refractivity contribution >= 4 is 52.4 Å². The summed E-state index contributed by atoms with van der Waals surface area (Å²) >= 11 is 13.7. The van der Waals surface area contributed by atoms with E-state index >= 15 is 0 Å². The maximum Gasteiger partial charge on any atom is 0.330 e. The van der Waals surface area contributed by atoms with Crippen molar-refractivity contribution in [2.45, 2.75) is 19.2 Å². The van der Waals surface area contributed by atoms with Gasteiger partial charge in [-0.25, -0.2) is 4.79 Å². The van der Waals surface area contributed by atoms with Gasteiger partial charge in [0.2, 0.25) is 5.91 Å². The standard InChI is InChI=1S/C22H22Cl2N4O3S/c1-2-27(18(29)13-32-12-15-16(23)9-6-10-17(15)24)19-20(25)28(22(31)26-21(19)30)11-14-7-4-3-5-8-14/h3-10H,2,11-13,25H2,1H3,(H,26,30,31). The molecule has 0 atom stereocenters. The molecule has 3 N–H and O–H groups in total. The average Bonchev–Trinajstić information content (AvgIpc) is 2.76. The molecule has 0 saturated heterocycles. The molecule has 0 aliphatic rings. The molecule has 0 bridgehead atoms. The summed E-state index contributed by atoms with van der Waals surface area (Å²) < 4.78 is 1.25. The van der Waals surface area contributed by atoms with Crippen molar-refractivity contribution in [3.8, 4) is 0 Å². The zero-order valence-electron chi connectivity index (χ0n) is 17.3. The number of nitrogens with one attached hydrogen (secondary N) is 1. The summed E-state index contributed by atoms with van der Waals surface area (Å²) in [4.78, 5) is 41.5. The number of hydrogen-bond donors (Lipinski definition) is 2. The van der Waals surface area contributed by atoms with E-state index in [0.717, 1.165) is 11.1 Å². The number of aromatic amines is 1. The van der Waals surface area contributed by atoms with Crippen LogP contribution in [0.5, 0.6) is 0 Å². The van der Waals surface area contributed by atoms with E-state index < -0.39 is 11.2 Å². The third-order valence-corrected chi connectivity index (χ3v) is 6.47. The molecule has 0 spiro atoms. The van der Waals surface area contributed by atoms with Crippen LogP contribution in [0.2, 0.25) is 10.0 Å². The Balaban J connectivity index is 1.83. The van der Waals surface area contributed by atoms with Crippen molar-refractivity contribution in [2.75, 3.05) is 22.9 Å². The number of hydrogen-bond acceptors (Lipinski definition) is 5. The molecule has 168 valence electrons. The Morgan fingerprint density at radius 3 is 2.38 bits per heavy atom. The predicted molar refractivity (Wildman–Crippen MR) is 132 cm³/mol. The maximum atomic E-state index is 12.9. The van der Waals surface area contributed by atoms with E-state index in [1.54, 1.807) is 25.1 Å². The van der Waals surface area contributed by atoms with E-state index in [9.17, 15) is 14.4 Å². The Hall–Kier alpha value is -2.68. The number of thioether (sulfide) groups is 1. The first kappa shape index (κ1) is 24.0. The lowest BCUT2D eigenvalue weighted by atomic mass is 10.2. The van der Waals surface area contributed by atoms with Crippen LogP contribution in [-0.4, -0.2) is 27.8 Å². The molecule has 10 heteroatoms. The van der Waals surface area contributed by atoms with Gasteiger partial charge in [0.25, 0.3) is 5.56 Å². The molecule has 1 aromatic heterocycles. The van der Waals surface area contributed by atoms with Crippen LogP contribution >= 0.6 is 35.0 Å². The number of H-pyrrole nitrogens is 1. The molecule has 2 aromatic carbocycles. The van der Waals surface area contributed by atoms with E-state index in [1.165, 1.54) is 21.2 Å². The molecule has 0 unspecified atom stereocenters. The average molecular weight is 493 g/mol. The van der Waals surface area contributed by atoms with E-state index in [1.807, 2.05) is 30.3 Å². The van der Waals surface area contributed by atoms with Crippen LogP contribution in [0.3, 0.4) is 0 Å². The molecular weight excluding hydrogens is 471 g/mol. The Morgan fingerprint density at radius 1 is 1.09 bits per heavy atom. The van der Waals surface area contributed by atoms with Crippen LogP contribution in [0.4, 0.5) is 11.5 Å². The molecule has 0 aliphatic carbocycles. The SMILES string of the molecule is CCN(C(=O)CSCc1c(Cl)cccc1Cl)c1c(N)n(Cc2ccccc2)c(=O)[nH]c1=O. The summed E-state index contributed by atoms with van der Waals surface area (Å²) in [6.45, 7) is 2.11. The number of nitrogens with two attached hydrogens (primary N) is 1. The van der Waals surface area contributed by atoms with Crippen LogP contribution in [-0.2, 0) is 17.1 Å². The van der Waals surface area contributed by atoms with Crippen molar-refractivity contribution in [3.63, 3.8) is 0 Å². The van der Waals surface area contributed by atoms with Gasteiger partial charge in [0.1, 0.15) is 5.82 Å². The topological polar surface area (TPSA) is 101 Å². The second kappa shape index (κ2) is 10.8. The molecule has 3 aromatic rings. The number of anilines is 2. The first-order valence-corrected chi connectivity index (χ1v) is 11.7. The fourth-order valence-corrected chi connectivity index (χ4v) is 4.85. The van der Waals surface area contributed by atoms with Gasteiger partial charge in [0, 0.05) is 22.3 Å². The maximum absolute atomic E-state index is 12.9. The minimum Gasteiger partial charge on any atom is -0.383 e. The first-order chi connectivity index (χ1) is 15.3. The number of carbonyl (C=O) groups excluding carboxylic acids is 1. The Labute approximate surface area is 199 Å². The number of aromatic nitrogens is 2. The van der Waals surface area contributed by atoms with Gasteiger partial charge in [0.15, 0.2) is 5.69 Å². The normalized spacial score (nSPS) is 10.8. The van der Waals surface area contributed by atoms with Gasteiger partial charge in [-0.2, -0.15) is 0 Å². The smallest absolute Gasteiger partial charge is 0.330 e. The van der Waals surface area contributed by atoms with Gasteiger partial charge in [-0.05, 0) is 30.2 Å². The highest BCUT2D eigenvalue weighted by Gasteiger charge is 2.23. The molecule has 3 rings (SSSR count).